The fourth-order valence-corrected chi connectivity index (χ4v) is 1.98. The third-order valence-electron chi connectivity index (χ3n) is 3.00. The molecule has 2 rings (SSSR count). The van der Waals surface area contributed by atoms with Crippen LogP contribution in [0.5, 0.6) is 11.6 Å². The van der Waals surface area contributed by atoms with Crippen molar-refractivity contribution in [2.24, 2.45) is 0 Å². The lowest BCUT2D eigenvalue weighted by atomic mass is 10.1. The van der Waals surface area contributed by atoms with Crippen molar-refractivity contribution in [3.8, 4) is 17.7 Å². The number of hydrogen-bond acceptors (Lipinski definition) is 5. The van der Waals surface area contributed by atoms with Gasteiger partial charge in [0.15, 0.2) is 0 Å². The Balaban J connectivity index is 2.44. The highest BCUT2D eigenvalue weighted by Gasteiger charge is 2.14. The molecule has 6 heteroatoms. The molecule has 1 heterocycles. The summed E-state index contributed by atoms with van der Waals surface area (Å²) in [5.74, 6) is 0.654. The summed E-state index contributed by atoms with van der Waals surface area (Å²) in [6.45, 7) is 5.32. The van der Waals surface area contributed by atoms with E-state index in [4.69, 9.17) is 4.74 Å². The minimum absolute atomic E-state index is 0.00580. The zero-order chi connectivity index (χ0) is 15.6. The lowest BCUT2D eigenvalue weighted by molar-refractivity contribution is -0.384. The maximum Gasteiger partial charge on any atom is 0.269 e. The monoisotopic (exact) mass is 283 g/mol. The molecule has 0 aliphatic rings. The van der Waals surface area contributed by atoms with E-state index in [2.05, 4.69) is 11.1 Å². The number of nitro groups is 1. The molecule has 2 aromatic rings. The molecule has 0 saturated carbocycles. The average Bonchev–Trinajstić information content (AvgIpc) is 2.40. The van der Waals surface area contributed by atoms with Crippen LogP contribution in [-0.4, -0.2) is 9.91 Å². The van der Waals surface area contributed by atoms with Gasteiger partial charge in [0.05, 0.1) is 4.92 Å². The molecule has 0 radical (unpaired) electrons. The van der Waals surface area contributed by atoms with Crippen molar-refractivity contribution in [1.82, 2.24) is 4.98 Å². The first-order valence-electron chi connectivity index (χ1n) is 6.23. The van der Waals surface area contributed by atoms with Gasteiger partial charge in [-0.05, 0) is 44.0 Å². The van der Waals surface area contributed by atoms with Gasteiger partial charge in [0, 0.05) is 17.8 Å². The highest BCUT2D eigenvalue weighted by Crippen LogP contribution is 2.30. The maximum absolute atomic E-state index is 10.7. The first kappa shape index (κ1) is 14.5. The molecule has 0 amide bonds. The SMILES string of the molecule is Cc1cc(C)c(C#N)c(Oc2ccc([N+](=O)[O-])cc2C)n1. The minimum atomic E-state index is -0.466. The van der Waals surface area contributed by atoms with Gasteiger partial charge in [-0.2, -0.15) is 5.26 Å². The summed E-state index contributed by atoms with van der Waals surface area (Å²) >= 11 is 0. The Morgan fingerprint density at radius 2 is 1.95 bits per heavy atom. The number of ether oxygens (including phenoxy) is 1. The van der Waals surface area contributed by atoms with Gasteiger partial charge in [-0.15, -0.1) is 0 Å². The van der Waals surface area contributed by atoms with E-state index < -0.39 is 4.92 Å². The fraction of sp³-hybridized carbons (Fsp3) is 0.200. The molecule has 0 N–H and O–H groups in total. The van der Waals surface area contributed by atoms with Crippen molar-refractivity contribution in [3.63, 3.8) is 0 Å². The molecule has 0 saturated heterocycles. The van der Waals surface area contributed by atoms with Gasteiger partial charge in [-0.1, -0.05) is 0 Å². The number of benzene rings is 1. The second kappa shape index (κ2) is 5.59. The molecule has 106 valence electrons. The smallest absolute Gasteiger partial charge is 0.269 e. The fourth-order valence-electron chi connectivity index (χ4n) is 1.98. The van der Waals surface area contributed by atoms with Crippen LogP contribution < -0.4 is 4.74 Å². The number of aryl methyl sites for hydroxylation is 3. The first-order chi connectivity index (χ1) is 9.92. The van der Waals surface area contributed by atoms with E-state index in [0.29, 0.717) is 16.9 Å². The highest BCUT2D eigenvalue weighted by atomic mass is 16.6. The number of aromatic nitrogens is 1. The van der Waals surface area contributed by atoms with Crippen molar-refractivity contribution < 1.29 is 9.66 Å². The van der Waals surface area contributed by atoms with Crippen LogP contribution in [-0.2, 0) is 0 Å². The van der Waals surface area contributed by atoms with Crippen LogP contribution in [0.2, 0.25) is 0 Å². The van der Waals surface area contributed by atoms with Crippen molar-refractivity contribution in [1.29, 1.82) is 5.26 Å². The zero-order valence-electron chi connectivity index (χ0n) is 11.9. The average molecular weight is 283 g/mol. The summed E-state index contributed by atoms with van der Waals surface area (Å²) in [6.07, 6.45) is 0. The van der Waals surface area contributed by atoms with Gasteiger partial charge in [-0.3, -0.25) is 10.1 Å². The van der Waals surface area contributed by atoms with Gasteiger partial charge in [0.25, 0.3) is 5.69 Å². The van der Waals surface area contributed by atoms with Crippen LogP contribution >= 0.6 is 0 Å². The molecule has 6 nitrogen and oxygen atoms in total. The molecular formula is C15H13N3O3. The van der Waals surface area contributed by atoms with Crippen LogP contribution in [0.4, 0.5) is 5.69 Å². The summed E-state index contributed by atoms with van der Waals surface area (Å²) in [5, 5.41) is 19.9. The number of nitriles is 1. The summed E-state index contributed by atoms with van der Waals surface area (Å²) in [4.78, 5) is 14.5. The van der Waals surface area contributed by atoms with Crippen molar-refractivity contribution >= 4 is 5.69 Å². The van der Waals surface area contributed by atoms with Gasteiger partial charge < -0.3 is 4.74 Å². The molecule has 21 heavy (non-hydrogen) atoms. The van der Waals surface area contributed by atoms with Gasteiger partial charge >= 0.3 is 0 Å². The third-order valence-corrected chi connectivity index (χ3v) is 3.00. The van der Waals surface area contributed by atoms with Crippen LogP contribution in [0.25, 0.3) is 0 Å². The molecule has 1 aromatic heterocycles. The number of hydrogen-bond donors (Lipinski definition) is 0. The summed E-state index contributed by atoms with van der Waals surface area (Å²) in [5.41, 5.74) is 2.47. The number of nitro benzene ring substituents is 1. The highest BCUT2D eigenvalue weighted by molar-refractivity contribution is 5.49. The predicted octanol–water partition coefficient (Wildman–Crippen LogP) is 3.58. The number of rotatable bonds is 3. The van der Waals surface area contributed by atoms with E-state index in [-0.39, 0.29) is 11.6 Å². The van der Waals surface area contributed by atoms with E-state index in [1.165, 1.54) is 18.2 Å². The third kappa shape index (κ3) is 2.98. The molecule has 0 atom stereocenters. The van der Waals surface area contributed by atoms with E-state index in [1.54, 1.807) is 13.0 Å². The molecular weight excluding hydrogens is 270 g/mol. The van der Waals surface area contributed by atoms with E-state index in [1.807, 2.05) is 13.8 Å². The normalized spacial score (nSPS) is 10.0. The van der Waals surface area contributed by atoms with E-state index in [0.717, 1.165) is 11.3 Å². The number of non-ortho nitro benzene ring substituents is 1. The Kier molecular flexibility index (Phi) is 3.85. The van der Waals surface area contributed by atoms with Gasteiger partial charge in [0.2, 0.25) is 5.88 Å². The molecule has 0 unspecified atom stereocenters. The Labute approximate surface area is 121 Å². The van der Waals surface area contributed by atoms with Crippen LogP contribution in [0, 0.1) is 42.2 Å². The Morgan fingerprint density at radius 1 is 1.24 bits per heavy atom. The standard InChI is InChI=1S/C15H13N3O3/c1-9-6-11(3)17-15(13(9)8-16)21-14-5-4-12(18(19)20)7-10(14)2/h4-7H,1-3H3. The first-order valence-corrected chi connectivity index (χ1v) is 6.23. The second-order valence-electron chi connectivity index (χ2n) is 4.68. The Morgan fingerprint density at radius 3 is 2.52 bits per heavy atom. The predicted molar refractivity (Wildman–Crippen MR) is 76.3 cm³/mol. The number of nitrogens with zero attached hydrogens (tertiary/aromatic N) is 3. The van der Waals surface area contributed by atoms with Crippen LogP contribution in [0.1, 0.15) is 22.4 Å². The Bertz CT molecular complexity index is 763. The Hall–Kier alpha value is -2.94. The van der Waals surface area contributed by atoms with Gasteiger partial charge in [0.1, 0.15) is 17.4 Å². The lowest BCUT2D eigenvalue weighted by Gasteiger charge is -2.11. The summed E-state index contributed by atoms with van der Waals surface area (Å²) in [7, 11) is 0. The minimum Gasteiger partial charge on any atom is -0.437 e. The molecule has 0 fully saturated rings. The number of pyridine rings is 1. The lowest BCUT2D eigenvalue weighted by Crippen LogP contribution is -1.98. The van der Waals surface area contributed by atoms with Crippen molar-refractivity contribution in [2.75, 3.05) is 0 Å². The molecule has 0 aliphatic carbocycles. The van der Waals surface area contributed by atoms with Crippen molar-refractivity contribution in [2.45, 2.75) is 20.8 Å². The molecule has 0 aliphatic heterocycles. The summed E-state index contributed by atoms with van der Waals surface area (Å²) in [6, 6.07) is 8.15. The molecule has 1 aromatic carbocycles. The molecule has 0 spiro atoms. The topological polar surface area (TPSA) is 89.0 Å². The van der Waals surface area contributed by atoms with E-state index in [9.17, 15) is 15.4 Å². The quantitative estimate of drug-likeness (QED) is 0.634. The summed E-state index contributed by atoms with van der Waals surface area (Å²) < 4.78 is 5.67. The van der Waals surface area contributed by atoms with Crippen molar-refractivity contribution in [3.05, 3.63) is 56.8 Å². The zero-order valence-corrected chi connectivity index (χ0v) is 11.9. The second-order valence-corrected chi connectivity index (χ2v) is 4.68. The van der Waals surface area contributed by atoms with Crippen LogP contribution in [0.15, 0.2) is 24.3 Å². The van der Waals surface area contributed by atoms with Gasteiger partial charge in [-0.25, -0.2) is 4.98 Å². The maximum atomic E-state index is 10.7. The largest absolute Gasteiger partial charge is 0.437 e. The van der Waals surface area contributed by atoms with E-state index >= 15 is 0 Å². The molecule has 0 bridgehead atoms. The van der Waals surface area contributed by atoms with Crippen LogP contribution in [0.3, 0.4) is 0 Å².